The first kappa shape index (κ1) is 15.3. The minimum atomic E-state index is 0.148. The fourth-order valence-electron chi connectivity index (χ4n) is 4.24. The van der Waals surface area contributed by atoms with Crippen LogP contribution < -0.4 is 5.32 Å². The van der Waals surface area contributed by atoms with E-state index in [2.05, 4.69) is 15.1 Å². The Morgan fingerprint density at radius 2 is 2.00 bits per heavy atom. The molecule has 0 aliphatic carbocycles. The van der Waals surface area contributed by atoms with Crippen molar-refractivity contribution < 1.29 is 9.53 Å². The van der Waals surface area contributed by atoms with Crippen LogP contribution in [0.25, 0.3) is 0 Å². The smallest absolute Gasteiger partial charge is 0.239 e. The second-order valence-corrected chi connectivity index (χ2v) is 6.77. The first-order valence-electron chi connectivity index (χ1n) is 8.54. The number of piperidine rings is 1. The largest absolute Gasteiger partial charge is 0.384 e. The zero-order chi connectivity index (χ0) is 14.7. The molecule has 0 spiro atoms. The fourth-order valence-corrected chi connectivity index (χ4v) is 4.24. The molecule has 3 fully saturated rings. The lowest BCUT2D eigenvalue weighted by Gasteiger charge is -2.36. The summed E-state index contributed by atoms with van der Waals surface area (Å²) in [5.41, 5.74) is 0. The highest BCUT2D eigenvalue weighted by molar-refractivity contribution is 5.82. The molecule has 1 N–H and O–H groups in total. The molecule has 0 radical (unpaired) electrons. The van der Waals surface area contributed by atoms with Gasteiger partial charge in [0.05, 0.1) is 12.6 Å². The molecule has 3 saturated heterocycles. The molecule has 1 amide bonds. The SMILES string of the molecule is COCC1CCN(C(=O)C2CCCN2C2CCNCC2)C1. The van der Waals surface area contributed by atoms with Crippen LogP contribution in [0.4, 0.5) is 0 Å². The van der Waals surface area contributed by atoms with E-state index in [1.54, 1.807) is 7.11 Å². The van der Waals surface area contributed by atoms with Crippen LogP contribution in [0.3, 0.4) is 0 Å². The molecule has 0 aromatic rings. The van der Waals surface area contributed by atoms with Crippen molar-refractivity contribution in [2.24, 2.45) is 5.92 Å². The van der Waals surface area contributed by atoms with Gasteiger partial charge in [-0.2, -0.15) is 0 Å². The van der Waals surface area contributed by atoms with Crippen molar-refractivity contribution in [1.82, 2.24) is 15.1 Å². The Morgan fingerprint density at radius 1 is 1.19 bits per heavy atom. The highest BCUT2D eigenvalue weighted by Crippen LogP contribution is 2.27. The molecular weight excluding hydrogens is 266 g/mol. The lowest BCUT2D eigenvalue weighted by atomic mass is 10.0. The first-order chi connectivity index (χ1) is 10.3. The summed E-state index contributed by atoms with van der Waals surface area (Å²) in [7, 11) is 1.75. The summed E-state index contributed by atoms with van der Waals surface area (Å²) in [5.74, 6) is 0.914. The maximum absolute atomic E-state index is 12.9. The van der Waals surface area contributed by atoms with Crippen LogP contribution in [-0.2, 0) is 9.53 Å². The fraction of sp³-hybridized carbons (Fsp3) is 0.938. The molecule has 3 aliphatic rings. The second-order valence-electron chi connectivity index (χ2n) is 6.77. The Bertz CT molecular complexity index is 357. The minimum Gasteiger partial charge on any atom is -0.384 e. The summed E-state index contributed by atoms with van der Waals surface area (Å²) >= 11 is 0. The number of nitrogens with one attached hydrogen (secondary N) is 1. The zero-order valence-electron chi connectivity index (χ0n) is 13.2. The maximum atomic E-state index is 12.9. The third kappa shape index (κ3) is 3.41. The number of ether oxygens (including phenoxy) is 1. The van der Waals surface area contributed by atoms with Gasteiger partial charge in [0.2, 0.25) is 5.91 Å². The van der Waals surface area contributed by atoms with Crippen LogP contribution in [0.2, 0.25) is 0 Å². The topological polar surface area (TPSA) is 44.8 Å². The van der Waals surface area contributed by atoms with E-state index in [1.165, 1.54) is 19.3 Å². The summed E-state index contributed by atoms with van der Waals surface area (Å²) in [6.45, 7) is 5.90. The minimum absolute atomic E-state index is 0.148. The average molecular weight is 295 g/mol. The third-order valence-corrected chi connectivity index (χ3v) is 5.36. The Balaban J connectivity index is 1.58. The molecule has 3 heterocycles. The second kappa shape index (κ2) is 7.07. The quantitative estimate of drug-likeness (QED) is 0.829. The van der Waals surface area contributed by atoms with Crippen LogP contribution in [0.1, 0.15) is 32.1 Å². The van der Waals surface area contributed by atoms with Gasteiger partial charge in [-0.05, 0) is 51.7 Å². The van der Waals surface area contributed by atoms with Crippen molar-refractivity contribution in [3.8, 4) is 0 Å². The molecule has 2 atom stereocenters. The lowest BCUT2D eigenvalue weighted by Crippen LogP contribution is -2.51. The Labute approximate surface area is 128 Å². The molecule has 0 bridgehead atoms. The van der Waals surface area contributed by atoms with Crippen molar-refractivity contribution in [2.75, 3.05) is 46.4 Å². The molecular formula is C16H29N3O2. The van der Waals surface area contributed by atoms with Gasteiger partial charge >= 0.3 is 0 Å². The van der Waals surface area contributed by atoms with Gasteiger partial charge in [-0.3, -0.25) is 9.69 Å². The Kier molecular flexibility index (Phi) is 5.14. The van der Waals surface area contributed by atoms with E-state index in [4.69, 9.17) is 4.74 Å². The number of hydrogen-bond donors (Lipinski definition) is 1. The molecule has 3 rings (SSSR count). The predicted octanol–water partition coefficient (Wildman–Crippen LogP) is 0.698. The summed E-state index contributed by atoms with van der Waals surface area (Å²) in [6.07, 6.45) is 5.70. The van der Waals surface area contributed by atoms with Crippen molar-refractivity contribution in [3.63, 3.8) is 0 Å². The number of hydrogen-bond acceptors (Lipinski definition) is 4. The number of carbonyl (C=O) groups is 1. The monoisotopic (exact) mass is 295 g/mol. The zero-order valence-corrected chi connectivity index (χ0v) is 13.2. The van der Waals surface area contributed by atoms with Crippen LogP contribution in [0, 0.1) is 5.92 Å². The third-order valence-electron chi connectivity index (χ3n) is 5.36. The summed E-state index contributed by atoms with van der Waals surface area (Å²) < 4.78 is 5.24. The highest BCUT2D eigenvalue weighted by atomic mass is 16.5. The van der Waals surface area contributed by atoms with Crippen molar-refractivity contribution >= 4 is 5.91 Å². The van der Waals surface area contributed by atoms with Crippen LogP contribution >= 0.6 is 0 Å². The number of likely N-dealkylation sites (tertiary alicyclic amines) is 2. The van der Waals surface area contributed by atoms with Crippen LogP contribution in [0.15, 0.2) is 0 Å². The summed E-state index contributed by atoms with van der Waals surface area (Å²) in [5, 5.41) is 3.42. The summed E-state index contributed by atoms with van der Waals surface area (Å²) in [4.78, 5) is 17.5. The van der Waals surface area contributed by atoms with Crippen molar-refractivity contribution in [2.45, 2.75) is 44.2 Å². The molecule has 2 unspecified atom stereocenters. The van der Waals surface area contributed by atoms with Gasteiger partial charge in [0.25, 0.3) is 0 Å². The van der Waals surface area contributed by atoms with Gasteiger partial charge in [-0.25, -0.2) is 0 Å². The van der Waals surface area contributed by atoms with Gasteiger partial charge in [0.15, 0.2) is 0 Å². The van der Waals surface area contributed by atoms with E-state index in [0.29, 0.717) is 17.9 Å². The normalized spacial score (nSPS) is 32.0. The van der Waals surface area contributed by atoms with E-state index in [9.17, 15) is 4.79 Å². The predicted molar refractivity (Wildman–Crippen MR) is 82.2 cm³/mol. The molecule has 120 valence electrons. The Morgan fingerprint density at radius 3 is 2.76 bits per heavy atom. The van der Waals surface area contributed by atoms with Crippen molar-refractivity contribution in [1.29, 1.82) is 0 Å². The number of methoxy groups -OCH3 is 1. The summed E-state index contributed by atoms with van der Waals surface area (Å²) in [6, 6.07) is 0.759. The van der Waals surface area contributed by atoms with Gasteiger partial charge in [-0.1, -0.05) is 0 Å². The molecule has 3 aliphatic heterocycles. The van der Waals surface area contributed by atoms with Crippen LogP contribution in [0.5, 0.6) is 0 Å². The van der Waals surface area contributed by atoms with Crippen LogP contribution in [-0.4, -0.2) is 74.2 Å². The van der Waals surface area contributed by atoms with E-state index in [0.717, 1.165) is 52.2 Å². The van der Waals surface area contributed by atoms with Gasteiger partial charge < -0.3 is 15.0 Å². The standard InChI is InChI=1S/C16H29N3O2/c1-21-12-13-6-10-18(11-13)16(20)15-3-2-9-19(15)14-4-7-17-8-5-14/h13-15,17H,2-12H2,1H3. The van der Waals surface area contributed by atoms with Gasteiger partial charge in [0, 0.05) is 32.2 Å². The molecule has 0 aromatic carbocycles. The molecule has 5 heteroatoms. The Hall–Kier alpha value is -0.650. The van der Waals surface area contributed by atoms with E-state index < -0.39 is 0 Å². The highest BCUT2D eigenvalue weighted by Gasteiger charge is 2.39. The molecule has 0 saturated carbocycles. The number of amides is 1. The van der Waals surface area contributed by atoms with E-state index in [1.807, 2.05) is 0 Å². The number of rotatable bonds is 4. The molecule has 0 aromatic heterocycles. The van der Waals surface area contributed by atoms with Gasteiger partial charge in [0.1, 0.15) is 0 Å². The molecule has 21 heavy (non-hydrogen) atoms. The first-order valence-corrected chi connectivity index (χ1v) is 8.54. The lowest BCUT2D eigenvalue weighted by molar-refractivity contribution is -0.136. The maximum Gasteiger partial charge on any atom is 0.239 e. The van der Waals surface area contributed by atoms with E-state index in [-0.39, 0.29) is 6.04 Å². The van der Waals surface area contributed by atoms with Gasteiger partial charge in [-0.15, -0.1) is 0 Å². The van der Waals surface area contributed by atoms with Crippen molar-refractivity contribution in [3.05, 3.63) is 0 Å². The average Bonchev–Trinajstić information content (AvgIpc) is 3.17. The molecule has 5 nitrogen and oxygen atoms in total. The number of carbonyl (C=O) groups excluding carboxylic acids is 1. The van der Waals surface area contributed by atoms with E-state index >= 15 is 0 Å². The number of nitrogens with zero attached hydrogens (tertiary/aromatic N) is 2.